The Balaban J connectivity index is 0.000000956. The summed E-state index contributed by atoms with van der Waals surface area (Å²) in [5.41, 5.74) is 0. The van der Waals surface area contributed by atoms with Crippen molar-refractivity contribution < 1.29 is 32.9 Å². The van der Waals surface area contributed by atoms with Crippen molar-refractivity contribution in [3.05, 3.63) is 67.8 Å². The first-order valence-corrected chi connectivity index (χ1v) is 16.0. The summed E-state index contributed by atoms with van der Waals surface area (Å²) in [6, 6.07) is 17.3. The van der Waals surface area contributed by atoms with Gasteiger partial charge in [0.25, 0.3) is 0 Å². The van der Waals surface area contributed by atoms with Crippen LogP contribution in [-0.4, -0.2) is 0 Å². The van der Waals surface area contributed by atoms with Gasteiger partial charge in [0.05, 0.1) is 0 Å². The van der Waals surface area contributed by atoms with Gasteiger partial charge in [0.15, 0.2) is 0 Å². The zero-order valence-corrected chi connectivity index (χ0v) is 16.7. The molecule has 0 spiro atoms. The Morgan fingerprint density at radius 1 is 0.850 bits per heavy atom. The van der Waals surface area contributed by atoms with Gasteiger partial charge in [0.1, 0.15) is 11.5 Å². The Morgan fingerprint density at radius 2 is 1.20 bits per heavy atom. The van der Waals surface area contributed by atoms with E-state index in [0.29, 0.717) is 11.5 Å². The fourth-order valence-electron chi connectivity index (χ4n) is 1.29. The molecule has 2 rings (SSSR count). The van der Waals surface area contributed by atoms with E-state index in [0.717, 1.165) is 0 Å². The first-order chi connectivity index (χ1) is 9.72. The van der Waals surface area contributed by atoms with Crippen LogP contribution < -0.4 is 9.05 Å². The third-order valence-corrected chi connectivity index (χ3v) is 3.26. The molecule has 0 amide bonds. The quantitative estimate of drug-likeness (QED) is 0.277. The molecule has 7 heteroatoms. The van der Waals surface area contributed by atoms with Crippen molar-refractivity contribution in [2.45, 2.75) is 0 Å². The molecule has 0 heterocycles. The van der Waals surface area contributed by atoms with Crippen molar-refractivity contribution in [1.82, 2.24) is 0 Å². The first-order valence-electron chi connectivity index (χ1n) is 5.52. The standard InChI is InChI=1S/C13H12O4P.HI.Zn/c1-15-18(14,16-12-8-4-2-5-9-12)17-13-10-6-3-7-11-13;;/h2-11H,1H2;1H;/q-1;;+2/p-1. The van der Waals surface area contributed by atoms with Crippen LogP contribution in [0.4, 0.5) is 0 Å². The number of para-hydroxylation sites is 2. The van der Waals surface area contributed by atoms with Crippen LogP contribution in [0.2, 0.25) is 0 Å². The zero-order valence-electron chi connectivity index (χ0n) is 10.6. The summed E-state index contributed by atoms with van der Waals surface area (Å²) in [4.78, 5) is 0. The minimum atomic E-state index is -3.76. The second-order valence-corrected chi connectivity index (χ2v) is 4.90. The Morgan fingerprint density at radius 3 is 1.50 bits per heavy atom. The number of benzene rings is 2. The summed E-state index contributed by atoms with van der Waals surface area (Å²) in [7, 11) is -0.618. The number of phosphoric ester groups is 1. The third kappa shape index (κ3) is 5.92. The molecule has 20 heavy (non-hydrogen) atoms. The molecule has 0 atom stereocenters. The first kappa shape index (κ1) is 17.6. The zero-order chi connectivity index (χ0) is 14.8. The molecule has 0 bridgehead atoms. The molecule has 0 saturated carbocycles. The van der Waals surface area contributed by atoms with E-state index in [9.17, 15) is 4.57 Å². The summed E-state index contributed by atoms with van der Waals surface area (Å²) in [5.74, 6) is 0.779. The van der Waals surface area contributed by atoms with E-state index >= 15 is 0 Å². The van der Waals surface area contributed by atoms with E-state index in [1.165, 1.54) is 14.8 Å². The maximum atomic E-state index is 12.2. The SMILES string of the molecule is [CH2-]OP(=O)(Oc1ccccc1)Oc1ccccc1.[Zn+][I]. The molecule has 0 aliphatic rings. The maximum absolute atomic E-state index is 12.2. The van der Waals surface area contributed by atoms with Crippen LogP contribution >= 0.6 is 27.6 Å². The van der Waals surface area contributed by atoms with Gasteiger partial charge in [-0.1, -0.05) is 36.4 Å². The molecule has 0 unspecified atom stereocenters. The molecule has 2 aromatic carbocycles. The monoisotopic (exact) mass is 454 g/mol. The normalized spacial score (nSPS) is 10.2. The average Bonchev–Trinajstić information content (AvgIpc) is 2.51. The molecule has 0 aliphatic heterocycles. The van der Waals surface area contributed by atoms with Crippen LogP contribution in [0.3, 0.4) is 0 Å². The van der Waals surface area contributed by atoms with Crippen molar-refractivity contribution in [2.24, 2.45) is 0 Å². The number of rotatable bonds is 5. The summed E-state index contributed by atoms with van der Waals surface area (Å²) in [6.07, 6.45) is 0. The number of hydrogen-bond donors (Lipinski definition) is 0. The van der Waals surface area contributed by atoms with Gasteiger partial charge in [-0.25, -0.2) is 11.7 Å². The van der Waals surface area contributed by atoms with Crippen LogP contribution in [-0.2, 0) is 23.9 Å². The van der Waals surface area contributed by atoms with Gasteiger partial charge in [0, 0.05) is 0 Å². The van der Waals surface area contributed by atoms with E-state index in [2.05, 4.69) is 31.4 Å². The Bertz CT molecular complexity index is 493. The van der Waals surface area contributed by atoms with Gasteiger partial charge in [-0.2, -0.15) is 0 Å². The fourth-order valence-corrected chi connectivity index (χ4v) is 2.19. The summed E-state index contributed by atoms with van der Waals surface area (Å²) >= 11 is 3.62. The fraction of sp³-hybridized carbons (Fsp3) is 0. The van der Waals surface area contributed by atoms with Crippen molar-refractivity contribution in [2.75, 3.05) is 0 Å². The number of phosphoric acid groups is 1. The minimum absolute atomic E-state index is 0.389. The predicted octanol–water partition coefficient (Wildman–Crippen LogP) is 4.94. The van der Waals surface area contributed by atoms with Crippen LogP contribution in [0.5, 0.6) is 11.5 Å². The van der Waals surface area contributed by atoms with Crippen LogP contribution in [0.15, 0.2) is 60.7 Å². The second kappa shape index (κ2) is 9.51. The van der Waals surface area contributed by atoms with Gasteiger partial charge >= 0.3 is 42.4 Å². The molecule has 0 radical (unpaired) electrons. The number of halogens is 1. The molecule has 102 valence electrons. The van der Waals surface area contributed by atoms with E-state index in [4.69, 9.17) is 9.05 Å². The van der Waals surface area contributed by atoms with Crippen molar-refractivity contribution in [1.29, 1.82) is 0 Å². The Hall–Kier alpha value is -0.417. The third-order valence-electron chi connectivity index (χ3n) is 2.08. The van der Waals surface area contributed by atoms with Crippen LogP contribution in [0.1, 0.15) is 0 Å². The Kier molecular flexibility index (Phi) is 8.38. The van der Waals surface area contributed by atoms with E-state index in [1.807, 2.05) is 12.1 Å². The molecule has 4 nitrogen and oxygen atoms in total. The molecular formula is C13H12IO4PZn. The molecule has 0 aromatic heterocycles. The number of hydrogen-bond acceptors (Lipinski definition) is 4. The van der Waals surface area contributed by atoms with Gasteiger partial charge in [-0.3, -0.25) is 0 Å². The van der Waals surface area contributed by atoms with E-state index in [1.54, 1.807) is 48.5 Å². The Labute approximate surface area is 139 Å². The van der Waals surface area contributed by atoms with Crippen LogP contribution in [0.25, 0.3) is 0 Å². The predicted molar refractivity (Wildman–Crippen MR) is 82.2 cm³/mol. The summed E-state index contributed by atoms with van der Waals surface area (Å²) in [6.45, 7) is 0. The van der Waals surface area contributed by atoms with Gasteiger partial charge in [-0.05, 0) is 24.3 Å². The summed E-state index contributed by atoms with van der Waals surface area (Å²) in [5, 5.41) is 0. The second-order valence-electron chi connectivity index (χ2n) is 3.38. The molecular weight excluding hydrogens is 443 g/mol. The van der Waals surface area contributed by atoms with Crippen LogP contribution in [0, 0.1) is 7.11 Å². The summed E-state index contributed by atoms with van der Waals surface area (Å²) < 4.78 is 27.2. The molecule has 0 N–H and O–H groups in total. The molecule has 0 fully saturated rings. The van der Waals surface area contributed by atoms with E-state index < -0.39 is 7.82 Å². The van der Waals surface area contributed by atoms with Gasteiger partial charge in [-0.15, -0.1) is 0 Å². The molecule has 0 saturated heterocycles. The van der Waals surface area contributed by atoms with Crippen molar-refractivity contribution >= 4 is 27.6 Å². The van der Waals surface area contributed by atoms with Crippen molar-refractivity contribution in [3.8, 4) is 11.5 Å². The molecule has 0 aliphatic carbocycles. The van der Waals surface area contributed by atoms with Gasteiger partial charge in [0.2, 0.25) is 0 Å². The topological polar surface area (TPSA) is 44.8 Å². The van der Waals surface area contributed by atoms with Gasteiger partial charge < -0.3 is 13.6 Å². The molecule has 2 aromatic rings. The van der Waals surface area contributed by atoms with E-state index in [-0.39, 0.29) is 0 Å². The van der Waals surface area contributed by atoms with Crippen molar-refractivity contribution in [3.63, 3.8) is 0 Å². The average molecular weight is 456 g/mol.